The van der Waals surface area contributed by atoms with Crippen LogP contribution in [0.25, 0.3) is 0 Å². The predicted molar refractivity (Wildman–Crippen MR) is 92.8 cm³/mol. The number of nitrogens with one attached hydrogen (secondary N) is 2. The maximum absolute atomic E-state index is 12.8. The highest BCUT2D eigenvalue weighted by molar-refractivity contribution is 7.89. The third-order valence-electron chi connectivity index (χ3n) is 6.16. The molecular formula is C18H26N2O3S. The molecular weight excluding hydrogens is 324 g/mol. The average Bonchev–Trinajstić information content (AvgIpc) is 2.53. The Balaban J connectivity index is 1.89. The summed E-state index contributed by atoms with van der Waals surface area (Å²) in [6.07, 6.45) is 1.73. The van der Waals surface area contributed by atoms with Crippen LogP contribution in [0.15, 0.2) is 29.2 Å². The molecule has 3 saturated carbocycles. The smallest absolute Gasteiger partial charge is 0.240 e. The number of hydrogen-bond donors (Lipinski definition) is 2. The average molecular weight is 350 g/mol. The van der Waals surface area contributed by atoms with Crippen molar-refractivity contribution in [3.63, 3.8) is 0 Å². The topological polar surface area (TPSA) is 75.3 Å². The molecule has 1 aromatic rings. The molecule has 4 atom stereocenters. The van der Waals surface area contributed by atoms with E-state index in [0.29, 0.717) is 5.92 Å². The number of sulfonamides is 1. The number of fused-ring (bicyclic) bond motifs is 2. The highest BCUT2D eigenvalue weighted by atomic mass is 32.2. The van der Waals surface area contributed by atoms with Crippen molar-refractivity contribution in [1.29, 1.82) is 0 Å². The lowest BCUT2D eigenvalue weighted by Gasteiger charge is -2.62. The molecule has 1 aromatic carbocycles. The minimum Gasteiger partial charge on any atom is -0.359 e. The van der Waals surface area contributed by atoms with E-state index in [1.54, 1.807) is 31.3 Å². The van der Waals surface area contributed by atoms with Crippen molar-refractivity contribution in [2.45, 2.75) is 44.6 Å². The lowest BCUT2D eigenvalue weighted by atomic mass is 9.45. The summed E-state index contributed by atoms with van der Waals surface area (Å²) < 4.78 is 28.4. The van der Waals surface area contributed by atoms with Crippen molar-refractivity contribution in [1.82, 2.24) is 10.0 Å². The van der Waals surface area contributed by atoms with Gasteiger partial charge in [0.15, 0.2) is 0 Å². The maximum atomic E-state index is 12.8. The summed E-state index contributed by atoms with van der Waals surface area (Å²) in [5.41, 5.74) is 1.09. The number of amides is 1. The van der Waals surface area contributed by atoms with Crippen LogP contribution >= 0.6 is 0 Å². The van der Waals surface area contributed by atoms with E-state index in [2.05, 4.69) is 23.9 Å². The van der Waals surface area contributed by atoms with Gasteiger partial charge in [-0.05, 0) is 49.1 Å². The summed E-state index contributed by atoms with van der Waals surface area (Å²) in [5.74, 6) is 0.313. The van der Waals surface area contributed by atoms with E-state index in [4.69, 9.17) is 0 Å². The van der Waals surface area contributed by atoms with Gasteiger partial charge in [0.1, 0.15) is 0 Å². The van der Waals surface area contributed by atoms with Gasteiger partial charge in [0, 0.05) is 13.1 Å². The van der Waals surface area contributed by atoms with Crippen molar-refractivity contribution in [2.24, 2.45) is 23.2 Å². The summed E-state index contributed by atoms with van der Waals surface area (Å²) in [6, 6.07) is 6.45. The molecule has 2 bridgehead atoms. The first kappa shape index (κ1) is 17.4. The number of aryl methyl sites for hydroxylation is 1. The summed E-state index contributed by atoms with van der Waals surface area (Å²) in [5, 5.41) is 2.69. The van der Waals surface area contributed by atoms with Gasteiger partial charge < -0.3 is 5.32 Å². The molecule has 0 saturated heterocycles. The predicted octanol–water partition coefficient (Wildman–Crippen LogP) is 2.07. The molecule has 132 valence electrons. The zero-order valence-corrected chi connectivity index (χ0v) is 15.5. The van der Waals surface area contributed by atoms with Crippen LogP contribution in [0, 0.1) is 30.1 Å². The molecule has 5 nitrogen and oxygen atoms in total. The molecule has 0 radical (unpaired) electrons. The monoisotopic (exact) mass is 350 g/mol. The quantitative estimate of drug-likeness (QED) is 0.873. The van der Waals surface area contributed by atoms with Gasteiger partial charge in [-0.1, -0.05) is 31.5 Å². The van der Waals surface area contributed by atoms with Gasteiger partial charge in [0.2, 0.25) is 15.9 Å². The standard InChI is InChI=1S/C18H26N2O3S/c1-11-5-7-13(8-6-11)24(22,23)20-16-14(17(21)19-4)9-12-10-15(16)18(12,2)3/h5-8,12,14-16,20H,9-10H2,1-4H3,(H,19,21)/t12-,14-,15-,16-/m0/s1. The second kappa shape index (κ2) is 5.85. The second-order valence-electron chi connectivity index (χ2n) is 7.78. The van der Waals surface area contributed by atoms with E-state index >= 15 is 0 Å². The van der Waals surface area contributed by atoms with Crippen molar-refractivity contribution in [2.75, 3.05) is 7.05 Å². The highest BCUT2D eigenvalue weighted by Crippen LogP contribution is 2.60. The van der Waals surface area contributed by atoms with Gasteiger partial charge >= 0.3 is 0 Å². The molecule has 24 heavy (non-hydrogen) atoms. The van der Waals surface area contributed by atoms with Crippen molar-refractivity contribution >= 4 is 15.9 Å². The van der Waals surface area contributed by atoms with Crippen molar-refractivity contribution < 1.29 is 13.2 Å². The lowest BCUT2D eigenvalue weighted by molar-refractivity contribution is -0.144. The van der Waals surface area contributed by atoms with Crippen LogP contribution in [0.5, 0.6) is 0 Å². The summed E-state index contributed by atoms with van der Waals surface area (Å²) in [6.45, 7) is 6.28. The number of carbonyl (C=O) groups excluding carboxylic acids is 1. The molecule has 4 rings (SSSR count). The number of hydrogen-bond acceptors (Lipinski definition) is 3. The van der Waals surface area contributed by atoms with Crippen LogP contribution in [0.3, 0.4) is 0 Å². The van der Waals surface area contributed by atoms with Gasteiger partial charge in [-0.3, -0.25) is 4.79 Å². The first-order valence-corrected chi connectivity index (χ1v) is 9.95. The molecule has 2 N–H and O–H groups in total. The zero-order chi connectivity index (χ0) is 17.7. The number of benzene rings is 1. The van der Waals surface area contributed by atoms with Gasteiger partial charge in [-0.25, -0.2) is 13.1 Å². The van der Waals surface area contributed by atoms with E-state index in [1.807, 2.05) is 6.92 Å². The van der Waals surface area contributed by atoms with Crippen LogP contribution in [-0.2, 0) is 14.8 Å². The normalized spacial score (nSPS) is 31.2. The summed E-state index contributed by atoms with van der Waals surface area (Å²) in [4.78, 5) is 12.5. The maximum Gasteiger partial charge on any atom is 0.240 e. The highest BCUT2D eigenvalue weighted by Gasteiger charge is 2.59. The number of rotatable bonds is 4. The zero-order valence-electron chi connectivity index (χ0n) is 14.7. The second-order valence-corrected chi connectivity index (χ2v) is 9.49. The van der Waals surface area contributed by atoms with Crippen LogP contribution in [0.2, 0.25) is 0 Å². The van der Waals surface area contributed by atoms with Gasteiger partial charge in [0.25, 0.3) is 0 Å². The van der Waals surface area contributed by atoms with E-state index in [0.717, 1.165) is 18.4 Å². The Morgan fingerprint density at radius 3 is 2.33 bits per heavy atom. The Labute approximate surface area is 144 Å². The Morgan fingerprint density at radius 2 is 1.79 bits per heavy atom. The fraction of sp³-hybridized carbons (Fsp3) is 0.611. The van der Waals surface area contributed by atoms with Crippen molar-refractivity contribution in [3.05, 3.63) is 29.8 Å². The van der Waals surface area contributed by atoms with Crippen LogP contribution in [0.1, 0.15) is 32.3 Å². The molecule has 3 fully saturated rings. The Hall–Kier alpha value is -1.40. The largest absolute Gasteiger partial charge is 0.359 e. The summed E-state index contributed by atoms with van der Waals surface area (Å²) in [7, 11) is -2.03. The van der Waals surface area contributed by atoms with Crippen LogP contribution < -0.4 is 10.0 Å². The minimum atomic E-state index is -3.64. The molecule has 0 unspecified atom stereocenters. The van der Waals surface area contributed by atoms with Gasteiger partial charge in [-0.15, -0.1) is 0 Å². The molecule has 0 aromatic heterocycles. The lowest BCUT2D eigenvalue weighted by Crippen LogP contribution is -2.65. The fourth-order valence-electron chi connectivity index (χ4n) is 4.38. The van der Waals surface area contributed by atoms with Crippen LogP contribution in [0.4, 0.5) is 0 Å². The van der Waals surface area contributed by atoms with E-state index in [9.17, 15) is 13.2 Å². The third kappa shape index (κ3) is 2.75. The van der Waals surface area contributed by atoms with Gasteiger partial charge in [0.05, 0.1) is 10.8 Å². The number of carbonyl (C=O) groups is 1. The molecule has 0 spiro atoms. The van der Waals surface area contributed by atoms with E-state index in [1.165, 1.54) is 0 Å². The van der Waals surface area contributed by atoms with E-state index < -0.39 is 10.0 Å². The molecule has 3 aliphatic carbocycles. The molecule has 0 heterocycles. The molecule has 1 amide bonds. The fourth-order valence-corrected chi connectivity index (χ4v) is 5.70. The Bertz CT molecular complexity index is 740. The first-order valence-electron chi connectivity index (χ1n) is 8.47. The van der Waals surface area contributed by atoms with Crippen molar-refractivity contribution in [3.8, 4) is 0 Å². The molecule has 3 aliphatic rings. The molecule has 6 heteroatoms. The minimum absolute atomic E-state index is 0.0724. The first-order chi connectivity index (χ1) is 11.2. The molecule has 0 aliphatic heterocycles. The Morgan fingerprint density at radius 1 is 1.17 bits per heavy atom. The van der Waals surface area contributed by atoms with E-state index in [-0.39, 0.29) is 34.1 Å². The van der Waals surface area contributed by atoms with Crippen LogP contribution in [-0.4, -0.2) is 27.4 Å². The SMILES string of the molecule is CNC(=O)[C@H]1C[C@H]2C[C@@H]([C@H]1NS(=O)(=O)c1ccc(C)cc1)C2(C)C. The third-order valence-corrected chi connectivity index (χ3v) is 7.63. The summed E-state index contributed by atoms with van der Waals surface area (Å²) >= 11 is 0. The Kier molecular flexibility index (Phi) is 4.24. The van der Waals surface area contributed by atoms with Gasteiger partial charge in [-0.2, -0.15) is 0 Å².